The molecule has 1 aromatic heterocycles. The van der Waals surface area contributed by atoms with Crippen LogP contribution in [0.25, 0.3) is 10.9 Å². The molecule has 0 bridgehead atoms. The van der Waals surface area contributed by atoms with E-state index in [0.717, 1.165) is 22.0 Å². The number of rotatable bonds is 20. The van der Waals surface area contributed by atoms with E-state index in [0.29, 0.717) is 5.56 Å². The van der Waals surface area contributed by atoms with E-state index in [1.807, 2.05) is 30.3 Å². The molecule has 17 N–H and O–H groups in total. The number of H-pyrrole nitrogens is 1. The second-order valence-electron chi connectivity index (χ2n) is 20.3. The van der Waals surface area contributed by atoms with Gasteiger partial charge in [-0.1, -0.05) is 78.9 Å². The van der Waals surface area contributed by atoms with Crippen LogP contribution in [0.2, 0.25) is 0 Å². The SMILES string of the molecule is CC(=O)N[C@@H](CCCN=C(N)N)C(=O)N[C@H]1CC(=O)NCCCC[C@@H](C(N)=O)NC(=O)[C@H](Cc2c[nH]c3ccccc23)CC(=O)[C@H](CCCN=C(N)N)CC(=O)[C@@H](Cc2ccccc2)NC(=O)[C@H]([C@@H](C)OCc2ccccc2)NC1=O. The highest BCUT2D eigenvalue weighted by atomic mass is 16.5. The van der Waals surface area contributed by atoms with Gasteiger partial charge in [0.25, 0.3) is 0 Å². The van der Waals surface area contributed by atoms with Gasteiger partial charge in [-0.05, 0) is 87.5 Å². The van der Waals surface area contributed by atoms with E-state index in [4.69, 9.17) is 33.4 Å². The van der Waals surface area contributed by atoms with E-state index in [2.05, 4.69) is 46.9 Å². The third-order valence-electron chi connectivity index (χ3n) is 13.8. The number of ether oxygens (including phenoxy) is 1. The summed E-state index contributed by atoms with van der Waals surface area (Å²) in [7, 11) is 0. The number of fused-ring (bicyclic) bond motifs is 1. The van der Waals surface area contributed by atoms with E-state index in [9.17, 15) is 38.4 Å². The number of amides is 7. The van der Waals surface area contributed by atoms with Crippen LogP contribution in [-0.4, -0.2) is 126 Å². The maximum atomic E-state index is 15.0. The van der Waals surface area contributed by atoms with Crippen LogP contribution in [0.5, 0.6) is 0 Å². The maximum Gasteiger partial charge on any atom is 0.245 e. The zero-order chi connectivity index (χ0) is 58.8. The second kappa shape index (κ2) is 32.4. The van der Waals surface area contributed by atoms with Gasteiger partial charge in [0.15, 0.2) is 17.7 Å². The predicted molar refractivity (Wildman–Crippen MR) is 305 cm³/mol. The minimum Gasteiger partial charge on any atom is -0.371 e. The van der Waals surface area contributed by atoms with Gasteiger partial charge in [0.05, 0.1) is 25.2 Å². The molecule has 4 aromatic rings. The van der Waals surface area contributed by atoms with Crippen molar-refractivity contribution in [2.45, 2.75) is 134 Å². The maximum absolute atomic E-state index is 15.0. The van der Waals surface area contributed by atoms with Crippen LogP contribution in [0, 0.1) is 11.8 Å². The number of primary amides is 1. The number of guanidine groups is 2. The molecule has 81 heavy (non-hydrogen) atoms. The Balaban J connectivity index is 1.57. The number of benzene rings is 3. The number of nitrogens with two attached hydrogens (primary N) is 5. The van der Waals surface area contributed by atoms with Crippen LogP contribution in [0.3, 0.4) is 0 Å². The Kier molecular flexibility index (Phi) is 25.3. The number of aromatic nitrogens is 1. The smallest absolute Gasteiger partial charge is 0.245 e. The molecule has 1 aliphatic heterocycles. The summed E-state index contributed by atoms with van der Waals surface area (Å²) in [5, 5.41) is 17.0. The van der Waals surface area contributed by atoms with Crippen LogP contribution in [-0.2, 0) is 67.3 Å². The molecule has 436 valence electrons. The molecule has 7 amide bonds. The monoisotopic (exact) mass is 1120 g/mol. The summed E-state index contributed by atoms with van der Waals surface area (Å²) in [4.78, 5) is 138. The third kappa shape index (κ3) is 21.5. The number of nitrogens with one attached hydrogen (secondary N) is 7. The molecule has 2 heterocycles. The first-order valence-electron chi connectivity index (χ1n) is 27.2. The number of hydrogen-bond donors (Lipinski definition) is 12. The molecule has 0 spiro atoms. The van der Waals surface area contributed by atoms with Gasteiger partial charge < -0.3 is 70.3 Å². The molecule has 24 nitrogen and oxygen atoms in total. The predicted octanol–water partition coefficient (Wildman–Crippen LogP) is 0.436. The number of carbonyl (C=O) groups is 9. The van der Waals surface area contributed by atoms with Crippen LogP contribution >= 0.6 is 0 Å². The van der Waals surface area contributed by atoms with Crippen molar-refractivity contribution < 1.29 is 47.9 Å². The lowest BCUT2D eigenvalue weighted by atomic mass is 9.83. The first kappa shape index (κ1) is 63.2. The Morgan fingerprint density at radius 1 is 0.704 bits per heavy atom. The fraction of sp³-hybridized carbons (Fsp3) is 0.456. The first-order chi connectivity index (χ1) is 38.8. The Labute approximate surface area is 470 Å². The van der Waals surface area contributed by atoms with Gasteiger partial charge >= 0.3 is 0 Å². The molecule has 5 rings (SSSR count). The van der Waals surface area contributed by atoms with Gasteiger partial charge in [-0.2, -0.15) is 0 Å². The van der Waals surface area contributed by atoms with Gasteiger partial charge in [0.2, 0.25) is 41.4 Å². The van der Waals surface area contributed by atoms with E-state index in [1.54, 1.807) is 60.8 Å². The fourth-order valence-corrected chi connectivity index (χ4v) is 9.48. The highest BCUT2D eigenvalue weighted by Crippen LogP contribution is 2.26. The minimum atomic E-state index is -1.66. The molecule has 8 atom stereocenters. The Morgan fingerprint density at radius 3 is 2.01 bits per heavy atom. The number of nitrogens with zero attached hydrogens (tertiary/aromatic N) is 2. The quantitative estimate of drug-likeness (QED) is 0.0325. The van der Waals surface area contributed by atoms with E-state index in [1.165, 1.54) is 13.8 Å². The molecule has 0 unspecified atom stereocenters. The van der Waals surface area contributed by atoms with Gasteiger partial charge in [0, 0.05) is 68.3 Å². The summed E-state index contributed by atoms with van der Waals surface area (Å²) < 4.78 is 6.22. The van der Waals surface area contributed by atoms with Crippen molar-refractivity contribution in [1.82, 2.24) is 36.9 Å². The van der Waals surface area contributed by atoms with Crippen molar-refractivity contribution >= 4 is 75.7 Å². The lowest BCUT2D eigenvalue weighted by molar-refractivity contribution is -0.138. The standard InChI is InChI=1S/C57H78N14O10/c1-34(81-33-37-17-7-4-8-18-37)50-55(80)69-45(27-36-15-5-3-6-16-36)48(74)29-38(19-13-25-64-56(59)60)47(73)30-39(28-40-32-66-42-21-10-9-20-41(40)42)52(77)68-43(51(58)76)22-11-12-24-63-49(75)31-46(54(79)71-50)70-53(78)44(67-35(2)72)23-14-26-65-57(61)62/h3-10,15-18,20-21,32,34,38-39,43-46,50,66H,11-14,19,22-31,33H2,1-2H3,(H2,58,76)(H,63,75)(H,67,72)(H,68,77)(H,69,80)(H,70,78)(H,71,79)(H4,59,60,64)(H4,61,62,65)/t34-,38-,39-,43+,44+,45-,46+,50+/m1/s1. The van der Waals surface area contributed by atoms with Crippen molar-refractivity contribution in [1.29, 1.82) is 0 Å². The van der Waals surface area contributed by atoms with Crippen LogP contribution in [0.1, 0.15) is 94.7 Å². The van der Waals surface area contributed by atoms with E-state index in [-0.39, 0.29) is 102 Å². The molecular formula is C57H78N14O10. The molecular weight excluding hydrogens is 1040 g/mol. The summed E-state index contributed by atoms with van der Waals surface area (Å²) >= 11 is 0. The van der Waals surface area contributed by atoms with Crippen molar-refractivity contribution in [3.05, 3.63) is 108 Å². The zero-order valence-electron chi connectivity index (χ0n) is 46.0. The van der Waals surface area contributed by atoms with Gasteiger partial charge in [-0.15, -0.1) is 0 Å². The summed E-state index contributed by atoms with van der Waals surface area (Å²) in [6, 6.07) is 18.3. The summed E-state index contributed by atoms with van der Waals surface area (Å²) in [6.07, 6.45) is 0.390. The highest BCUT2D eigenvalue weighted by molar-refractivity contribution is 5.99. The van der Waals surface area contributed by atoms with Gasteiger partial charge in [-0.25, -0.2) is 0 Å². The molecule has 0 saturated carbocycles. The van der Waals surface area contributed by atoms with Crippen LogP contribution in [0.4, 0.5) is 0 Å². The van der Waals surface area contributed by atoms with Crippen molar-refractivity contribution in [2.24, 2.45) is 50.5 Å². The molecule has 0 radical (unpaired) electrons. The largest absolute Gasteiger partial charge is 0.371 e. The fourth-order valence-electron chi connectivity index (χ4n) is 9.48. The molecule has 1 fully saturated rings. The topological polar surface area (TPSA) is 406 Å². The number of carbonyl (C=O) groups excluding carboxylic acids is 9. The molecule has 24 heteroatoms. The first-order valence-corrected chi connectivity index (χ1v) is 27.2. The highest BCUT2D eigenvalue weighted by Gasteiger charge is 2.37. The minimum absolute atomic E-state index is 0.0159. The Bertz CT molecular complexity index is 2840. The lowest BCUT2D eigenvalue weighted by Gasteiger charge is -2.29. The summed E-state index contributed by atoms with van der Waals surface area (Å²) in [6.45, 7) is 2.97. The summed E-state index contributed by atoms with van der Waals surface area (Å²) in [5.41, 5.74) is 31.0. The van der Waals surface area contributed by atoms with Crippen molar-refractivity contribution in [3.63, 3.8) is 0 Å². The van der Waals surface area contributed by atoms with Gasteiger partial charge in [-0.3, -0.25) is 53.1 Å². The van der Waals surface area contributed by atoms with E-state index < -0.39 is 114 Å². The average molecular weight is 1120 g/mol. The number of aliphatic imine (C=N–C) groups is 2. The molecule has 0 aliphatic carbocycles. The Morgan fingerprint density at radius 2 is 1.35 bits per heavy atom. The van der Waals surface area contributed by atoms with Crippen molar-refractivity contribution in [3.8, 4) is 0 Å². The molecule has 1 saturated heterocycles. The molecule has 1 aliphatic rings. The van der Waals surface area contributed by atoms with Crippen molar-refractivity contribution in [2.75, 3.05) is 19.6 Å². The van der Waals surface area contributed by atoms with Crippen LogP contribution in [0.15, 0.2) is 101 Å². The third-order valence-corrected chi connectivity index (χ3v) is 13.8. The van der Waals surface area contributed by atoms with Crippen LogP contribution < -0.4 is 60.6 Å². The number of hydrogen-bond acceptors (Lipinski definition) is 12. The number of para-hydroxylation sites is 1. The number of Topliss-reactive ketones (excluding diaryl/α,β-unsaturated/α-hetero) is 2. The second-order valence-corrected chi connectivity index (χ2v) is 20.3. The van der Waals surface area contributed by atoms with E-state index >= 15 is 4.79 Å². The Hall–Kier alpha value is -8.67. The number of ketones is 2. The number of aromatic amines is 1. The van der Waals surface area contributed by atoms with Gasteiger partial charge in [0.1, 0.15) is 30.0 Å². The average Bonchev–Trinajstić information content (AvgIpc) is 4.07. The lowest BCUT2D eigenvalue weighted by Crippen LogP contribution is -2.61. The summed E-state index contributed by atoms with van der Waals surface area (Å²) in [5.74, 6) is -8.88. The molecule has 3 aromatic carbocycles. The normalized spacial score (nSPS) is 21.0. The zero-order valence-corrected chi connectivity index (χ0v) is 46.0.